The predicted molar refractivity (Wildman–Crippen MR) is 102 cm³/mol. The van der Waals surface area contributed by atoms with Crippen LogP contribution in [0.25, 0.3) is 0 Å². The van der Waals surface area contributed by atoms with Gasteiger partial charge in [0, 0.05) is 18.3 Å². The van der Waals surface area contributed by atoms with Gasteiger partial charge in [0.15, 0.2) is 0 Å². The van der Waals surface area contributed by atoms with Gasteiger partial charge in [0.1, 0.15) is 0 Å². The molecule has 0 bridgehead atoms. The Labute approximate surface area is 149 Å². The van der Waals surface area contributed by atoms with Crippen molar-refractivity contribution in [3.63, 3.8) is 0 Å². The summed E-state index contributed by atoms with van der Waals surface area (Å²) in [5, 5.41) is 2.81. The highest BCUT2D eigenvalue weighted by Crippen LogP contribution is 2.11. The summed E-state index contributed by atoms with van der Waals surface area (Å²) in [6, 6.07) is 15.2. The van der Waals surface area contributed by atoms with E-state index in [4.69, 9.17) is 0 Å². The molecular weight excluding hydrogens is 312 g/mol. The van der Waals surface area contributed by atoms with Gasteiger partial charge in [-0.2, -0.15) is 0 Å². The van der Waals surface area contributed by atoms with E-state index >= 15 is 0 Å². The number of amides is 2. The zero-order valence-corrected chi connectivity index (χ0v) is 15.2. The second-order valence-corrected chi connectivity index (χ2v) is 6.38. The third kappa shape index (κ3) is 5.75. The molecule has 0 aliphatic rings. The van der Waals surface area contributed by atoms with E-state index < -0.39 is 0 Å². The van der Waals surface area contributed by atoms with Crippen LogP contribution in [0.1, 0.15) is 41.3 Å². The minimum absolute atomic E-state index is 0.0182. The second kappa shape index (κ2) is 9.02. The average molecular weight is 338 g/mol. The average Bonchev–Trinajstić information content (AvgIpc) is 2.61. The SMILES string of the molecule is CCCCc1ccc(C(=O)N(C)CC(=O)Nc2ccc(C)cc2)cc1. The van der Waals surface area contributed by atoms with Crippen LogP contribution in [0.5, 0.6) is 0 Å². The third-order valence-electron chi connectivity index (χ3n) is 4.08. The smallest absolute Gasteiger partial charge is 0.254 e. The first-order valence-electron chi connectivity index (χ1n) is 8.70. The Morgan fingerprint density at radius 3 is 2.24 bits per heavy atom. The number of aryl methyl sites for hydroxylation is 2. The number of anilines is 1. The molecule has 25 heavy (non-hydrogen) atoms. The highest BCUT2D eigenvalue weighted by atomic mass is 16.2. The lowest BCUT2D eigenvalue weighted by atomic mass is 10.1. The van der Waals surface area contributed by atoms with E-state index in [2.05, 4.69) is 12.2 Å². The van der Waals surface area contributed by atoms with Crippen molar-refractivity contribution in [3.8, 4) is 0 Å². The van der Waals surface area contributed by atoms with Crippen molar-refractivity contribution in [1.82, 2.24) is 4.90 Å². The molecule has 0 unspecified atom stereocenters. The molecule has 0 aromatic heterocycles. The normalized spacial score (nSPS) is 10.4. The number of rotatable bonds is 7. The molecule has 2 aromatic carbocycles. The van der Waals surface area contributed by atoms with Crippen LogP contribution in [0.2, 0.25) is 0 Å². The fourth-order valence-corrected chi connectivity index (χ4v) is 2.54. The Kier molecular flexibility index (Phi) is 6.75. The van der Waals surface area contributed by atoms with Crippen LogP contribution < -0.4 is 5.32 Å². The number of carbonyl (C=O) groups is 2. The molecule has 4 heteroatoms. The first kappa shape index (κ1) is 18.7. The number of benzene rings is 2. The van der Waals surface area contributed by atoms with Crippen molar-refractivity contribution in [2.45, 2.75) is 33.1 Å². The van der Waals surface area contributed by atoms with Gasteiger partial charge in [-0.3, -0.25) is 9.59 Å². The van der Waals surface area contributed by atoms with Crippen molar-refractivity contribution in [2.24, 2.45) is 0 Å². The molecule has 2 aromatic rings. The number of hydrogen-bond donors (Lipinski definition) is 1. The molecule has 0 saturated heterocycles. The maximum atomic E-state index is 12.4. The summed E-state index contributed by atoms with van der Waals surface area (Å²) in [6.45, 7) is 4.17. The number of nitrogens with zero attached hydrogens (tertiary/aromatic N) is 1. The highest BCUT2D eigenvalue weighted by molar-refractivity contribution is 5.99. The summed E-state index contributed by atoms with van der Waals surface area (Å²) in [7, 11) is 1.64. The Hall–Kier alpha value is -2.62. The molecule has 0 radical (unpaired) electrons. The van der Waals surface area contributed by atoms with Crippen LogP contribution in [0, 0.1) is 6.92 Å². The van der Waals surface area contributed by atoms with Gasteiger partial charge in [0.2, 0.25) is 5.91 Å². The fourth-order valence-electron chi connectivity index (χ4n) is 2.54. The molecule has 132 valence electrons. The van der Waals surface area contributed by atoms with Gasteiger partial charge in [0.05, 0.1) is 6.54 Å². The van der Waals surface area contributed by atoms with E-state index in [1.807, 2.05) is 55.5 Å². The van der Waals surface area contributed by atoms with E-state index in [0.29, 0.717) is 5.56 Å². The summed E-state index contributed by atoms with van der Waals surface area (Å²) in [6.07, 6.45) is 3.33. The molecule has 0 heterocycles. The van der Waals surface area contributed by atoms with Crippen LogP contribution in [0.4, 0.5) is 5.69 Å². The first-order valence-corrected chi connectivity index (χ1v) is 8.70. The molecule has 4 nitrogen and oxygen atoms in total. The molecule has 0 fully saturated rings. The van der Waals surface area contributed by atoms with Crippen LogP contribution in [0.15, 0.2) is 48.5 Å². The van der Waals surface area contributed by atoms with Crippen LogP contribution >= 0.6 is 0 Å². The Bertz CT molecular complexity index is 706. The second-order valence-electron chi connectivity index (χ2n) is 6.38. The molecule has 2 rings (SSSR count). The zero-order chi connectivity index (χ0) is 18.2. The molecule has 2 amide bonds. The summed E-state index contributed by atoms with van der Waals surface area (Å²) >= 11 is 0. The van der Waals surface area contributed by atoms with Gasteiger partial charge in [-0.15, -0.1) is 0 Å². The summed E-state index contributed by atoms with van der Waals surface area (Å²) in [5.41, 5.74) is 3.70. The largest absolute Gasteiger partial charge is 0.332 e. The van der Waals surface area contributed by atoms with Crippen molar-refractivity contribution in [3.05, 3.63) is 65.2 Å². The quantitative estimate of drug-likeness (QED) is 0.828. The van der Waals surface area contributed by atoms with Crippen LogP contribution in [-0.2, 0) is 11.2 Å². The summed E-state index contributed by atoms with van der Waals surface area (Å²) in [5.74, 6) is -0.361. The third-order valence-corrected chi connectivity index (χ3v) is 4.08. The summed E-state index contributed by atoms with van der Waals surface area (Å²) < 4.78 is 0. The number of nitrogens with one attached hydrogen (secondary N) is 1. The van der Waals surface area contributed by atoms with Crippen LogP contribution in [0.3, 0.4) is 0 Å². The number of likely N-dealkylation sites (N-methyl/N-ethyl adjacent to an activating group) is 1. The Balaban J connectivity index is 1.90. The lowest BCUT2D eigenvalue weighted by Gasteiger charge is -2.17. The Morgan fingerprint density at radius 1 is 1.00 bits per heavy atom. The van der Waals surface area contributed by atoms with Crippen LogP contribution in [-0.4, -0.2) is 30.3 Å². The Morgan fingerprint density at radius 2 is 1.64 bits per heavy atom. The minimum Gasteiger partial charge on any atom is -0.332 e. The first-order chi connectivity index (χ1) is 12.0. The molecule has 0 aliphatic heterocycles. The minimum atomic E-state index is -0.209. The van der Waals surface area contributed by atoms with E-state index in [-0.39, 0.29) is 18.4 Å². The lowest BCUT2D eigenvalue weighted by Crippen LogP contribution is -2.34. The molecule has 0 atom stereocenters. The fraction of sp³-hybridized carbons (Fsp3) is 0.333. The topological polar surface area (TPSA) is 49.4 Å². The maximum Gasteiger partial charge on any atom is 0.254 e. The van der Waals surface area contributed by atoms with Crippen molar-refractivity contribution in [1.29, 1.82) is 0 Å². The van der Waals surface area contributed by atoms with Crippen molar-refractivity contribution >= 4 is 17.5 Å². The molecule has 0 spiro atoms. The van der Waals surface area contributed by atoms with E-state index in [1.54, 1.807) is 7.05 Å². The van der Waals surface area contributed by atoms with Gasteiger partial charge >= 0.3 is 0 Å². The van der Waals surface area contributed by atoms with Crippen molar-refractivity contribution < 1.29 is 9.59 Å². The molecule has 0 saturated carbocycles. The van der Waals surface area contributed by atoms with Gasteiger partial charge < -0.3 is 10.2 Å². The van der Waals surface area contributed by atoms with E-state index in [0.717, 1.165) is 30.5 Å². The van der Waals surface area contributed by atoms with E-state index in [1.165, 1.54) is 10.5 Å². The molecule has 1 N–H and O–H groups in total. The maximum absolute atomic E-state index is 12.4. The summed E-state index contributed by atoms with van der Waals surface area (Å²) in [4.78, 5) is 26.0. The number of carbonyl (C=O) groups excluding carboxylic acids is 2. The predicted octanol–water partition coefficient (Wildman–Crippen LogP) is 4.05. The van der Waals surface area contributed by atoms with Gasteiger partial charge in [-0.25, -0.2) is 0 Å². The number of hydrogen-bond acceptors (Lipinski definition) is 2. The lowest BCUT2D eigenvalue weighted by molar-refractivity contribution is -0.116. The van der Waals surface area contributed by atoms with Gasteiger partial charge in [-0.1, -0.05) is 43.2 Å². The van der Waals surface area contributed by atoms with Gasteiger partial charge in [-0.05, 0) is 49.6 Å². The molecule has 0 aliphatic carbocycles. The molecular formula is C21H26N2O2. The van der Waals surface area contributed by atoms with Gasteiger partial charge in [0.25, 0.3) is 5.91 Å². The zero-order valence-electron chi connectivity index (χ0n) is 15.2. The number of unbranched alkanes of at least 4 members (excludes halogenated alkanes) is 1. The standard InChI is InChI=1S/C21H26N2O2/c1-4-5-6-17-9-11-18(12-10-17)21(25)23(3)15-20(24)22-19-13-7-16(2)8-14-19/h7-14H,4-6,15H2,1-3H3,(H,22,24). The highest BCUT2D eigenvalue weighted by Gasteiger charge is 2.15. The van der Waals surface area contributed by atoms with Crippen molar-refractivity contribution in [2.75, 3.05) is 18.9 Å². The monoisotopic (exact) mass is 338 g/mol. The van der Waals surface area contributed by atoms with E-state index in [9.17, 15) is 9.59 Å².